The van der Waals surface area contributed by atoms with E-state index in [2.05, 4.69) is 10.1 Å². The number of ether oxygens (including phenoxy) is 1. The molecule has 2 rings (SSSR count). The summed E-state index contributed by atoms with van der Waals surface area (Å²) in [6.07, 6.45) is 1.92. The van der Waals surface area contributed by atoms with E-state index in [1.807, 2.05) is 6.07 Å². The van der Waals surface area contributed by atoms with Gasteiger partial charge in [0.25, 0.3) is 0 Å². The average Bonchev–Trinajstić information content (AvgIpc) is 2.52. The molecule has 0 atom stereocenters. The second-order valence-electron chi connectivity index (χ2n) is 4.93. The highest BCUT2D eigenvalue weighted by Crippen LogP contribution is 2.27. The Kier molecular flexibility index (Phi) is 5.67. The van der Waals surface area contributed by atoms with Gasteiger partial charge in [0.1, 0.15) is 0 Å². The van der Waals surface area contributed by atoms with Crippen LogP contribution in [0.15, 0.2) is 23.4 Å². The highest BCUT2D eigenvalue weighted by atomic mass is 35.5. The highest BCUT2D eigenvalue weighted by Gasteiger charge is 2.22. The van der Waals surface area contributed by atoms with Crippen molar-refractivity contribution in [3.05, 3.63) is 28.8 Å². The van der Waals surface area contributed by atoms with Crippen LogP contribution in [0.3, 0.4) is 0 Å². The van der Waals surface area contributed by atoms with Gasteiger partial charge in [-0.05, 0) is 31.0 Å². The molecule has 0 radical (unpaired) electrons. The van der Waals surface area contributed by atoms with E-state index in [4.69, 9.17) is 32.4 Å². The van der Waals surface area contributed by atoms with Crippen LogP contribution in [0.2, 0.25) is 5.02 Å². The molecular formula is C14H20ClN3O3. The van der Waals surface area contributed by atoms with E-state index >= 15 is 0 Å². The van der Waals surface area contributed by atoms with E-state index in [-0.39, 0.29) is 18.5 Å². The number of hydrogen-bond acceptors (Lipinski definition) is 5. The van der Waals surface area contributed by atoms with Gasteiger partial charge in [-0.2, -0.15) is 0 Å². The number of halogens is 1. The van der Waals surface area contributed by atoms with Crippen molar-refractivity contribution >= 4 is 23.1 Å². The van der Waals surface area contributed by atoms with Crippen LogP contribution in [0.1, 0.15) is 18.4 Å². The normalized spacial score (nSPS) is 17.2. The van der Waals surface area contributed by atoms with Gasteiger partial charge < -0.3 is 25.7 Å². The molecule has 6 nitrogen and oxygen atoms in total. The van der Waals surface area contributed by atoms with E-state index in [1.165, 1.54) is 0 Å². The zero-order chi connectivity index (χ0) is 15.2. The maximum Gasteiger partial charge on any atom is 0.172 e. The molecule has 0 saturated carbocycles. The number of amidine groups is 1. The first-order valence-electron chi connectivity index (χ1n) is 6.90. The Hall–Kier alpha value is -1.50. The Bertz CT molecular complexity index is 502. The quantitative estimate of drug-likeness (QED) is 0.331. The molecule has 4 N–H and O–H groups in total. The number of benzene rings is 1. The predicted octanol–water partition coefficient (Wildman–Crippen LogP) is 1.41. The molecule has 0 unspecified atom stereocenters. The van der Waals surface area contributed by atoms with Gasteiger partial charge >= 0.3 is 0 Å². The van der Waals surface area contributed by atoms with Crippen LogP contribution < -0.4 is 10.6 Å². The summed E-state index contributed by atoms with van der Waals surface area (Å²) in [6, 6.07) is 5.37. The molecule has 1 fully saturated rings. The molecule has 21 heavy (non-hydrogen) atoms. The van der Waals surface area contributed by atoms with Crippen LogP contribution in [0, 0.1) is 0 Å². The molecule has 0 bridgehead atoms. The lowest BCUT2D eigenvalue weighted by molar-refractivity contribution is 0.0159. The van der Waals surface area contributed by atoms with Crippen LogP contribution in [0.25, 0.3) is 0 Å². The molecule has 1 aliphatic heterocycles. The summed E-state index contributed by atoms with van der Waals surface area (Å²) < 4.78 is 5.55. The predicted molar refractivity (Wildman–Crippen MR) is 82.2 cm³/mol. The van der Waals surface area contributed by atoms with E-state index in [1.54, 1.807) is 12.1 Å². The molecule has 1 saturated heterocycles. The van der Waals surface area contributed by atoms with E-state index in [9.17, 15) is 0 Å². The van der Waals surface area contributed by atoms with Gasteiger partial charge in [0, 0.05) is 29.4 Å². The number of hydrogen-bond donors (Lipinski definition) is 3. The fourth-order valence-electron chi connectivity index (χ4n) is 2.53. The minimum absolute atomic E-state index is 0.0467. The van der Waals surface area contributed by atoms with Crippen molar-refractivity contribution in [1.82, 2.24) is 0 Å². The number of rotatable bonds is 5. The van der Waals surface area contributed by atoms with Crippen LogP contribution in [-0.2, 0) is 4.74 Å². The summed E-state index contributed by atoms with van der Waals surface area (Å²) in [5, 5.41) is 21.3. The van der Waals surface area contributed by atoms with Crippen LogP contribution in [0.4, 0.5) is 5.69 Å². The molecule has 0 aromatic heterocycles. The molecule has 0 aliphatic carbocycles. The summed E-state index contributed by atoms with van der Waals surface area (Å²) in [5.41, 5.74) is 7.25. The van der Waals surface area contributed by atoms with Gasteiger partial charge in [0.05, 0.1) is 19.3 Å². The first-order chi connectivity index (χ1) is 10.2. The van der Waals surface area contributed by atoms with Gasteiger partial charge in [-0.3, -0.25) is 0 Å². The Labute approximate surface area is 128 Å². The molecule has 1 aromatic carbocycles. The number of nitrogens with zero attached hydrogens (tertiary/aromatic N) is 2. The SMILES string of the molecule is N/C(=N/O)c1cc(Cl)ccc1N1CCC(OCCO)CC1. The molecule has 7 heteroatoms. The lowest BCUT2D eigenvalue weighted by Gasteiger charge is -2.34. The lowest BCUT2D eigenvalue weighted by Crippen LogP contribution is -2.38. The monoisotopic (exact) mass is 313 g/mol. The second kappa shape index (κ2) is 7.49. The first-order valence-corrected chi connectivity index (χ1v) is 7.28. The highest BCUT2D eigenvalue weighted by molar-refractivity contribution is 6.31. The Balaban J connectivity index is 2.10. The van der Waals surface area contributed by atoms with Crippen LogP contribution in [-0.4, -0.2) is 48.6 Å². The van der Waals surface area contributed by atoms with Gasteiger partial charge in [-0.25, -0.2) is 0 Å². The van der Waals surface area contributed by atoms with Gasteiger partial charge in [-0.15, -0.1) is 0 Å². The summed E-state index contributed by atoms with van der Waals surface area (Å²) in [6.45, 7) is 2.04. The molecule has 1 aromatic rings. The third kappa shape index (κ3) is 4.00. The van der Waals surface area contributed by atoms with Crippen molar-refractivity contribution < 1.29 is 15.1 Å². The molecule has 116 valence electrons. The zero-order valence-corrected chi connectivity index (χ0v) is 12.5. The van der Waals surface area contributed by atoms with E-state index in [0.717, 1.165) is 31.6 Å². The molecule has 0 spiro atoms. The van der Waals surface area contributed by atoms with Gasteiger partial charge in [-0.1, -0.05) is 16.8 Å². The molecule has 1 aliphatic rings. The van der Waals surface area contributed by atoms with E-state index in [0.29, 0.717) is 17.2 Å². The summed E-state index contributed by atoms with van der Waals surface area (Å²) in [7, 11) is 0. The van der Waals surface area contributed by atoms with Crippen LogP contribution in [0.5, 0.6) is 0 Å². The zero-order valence-electron chi connectivity index (χ0n) is 11.7. The second-order valence-corrected chi connectivity index (χ2v) is 5.36. The van der Waals surface area contributed by atoms with Crippen LogP contribution >= 0.6 is 11.6 Å². The first kappa shape index (κ1) is 15.9. The minimum atomic E-state index is 0.0467. The summed E-state index contributed by atoms with van der Waals surface area (Å²) in [4.78, 5) is 2.17. The van der Waals surface area contributed by atoms with Crippen molar-refractivity contribution in [2.24, 2.45) is 10.9 Å². The largest absolute Gasteiger partial charge is 0.409 e. The number of nitrogens with two attached hydrogens (primary N) is 1. The number of piperidine rings is 1. The smallest absolute Gasteiger partial charge is 0.172 e. The standard InChI is InChI=1S/C14H20ClN3O3/c15-10-1-2-13(12(9-10)14(16)17-20)18-5-3-11(4-6-18)21-8-7-19/h1-2,9,11,19-20H,3-8H2,(H2,16,17). The summed E-state index contributed by atoms with van der Waals surface area (Å²) >= 11 is 5.98. The van der Waals surface area contributed by atoms with Crippen molar-refractivity contribution in [2.45, 2.75) is 18.9 Å². The molecule has 0 amide bonds. The fourth-order valence-corrected chi connectivity index (χ4v) is 2.70. The minimum Gasteiger partial charge on any atom is -0.409 e. The molecular weight excluding hydrogens is 294 g/mol. The fraction of sp³-hybridized carbons (Fsp3) is 0.500. The Morgan fingerprint density at radius 2 is 2.14 bits per heavy atom. The number of anilines is 1. The number of aliphatic hydroxyl groups excluding tert-OH is 1. The van der Waals surface area contributed by atoms with Crippen molar-refractivity contribution in [3.8, 4) is 0 Å². The Morgan fingerprint density at radius 3 is 2.76 bits per heavy atom. The number of aliphatic hydroxyl groups is 1. The number of oxime groups is 1. The third-order valence-electron chi connectivity index (χ3n) is 3.57. The van der Waals surface area contributed by atoms with Crippen molar-refractivity contribution in [1.29, 1.82) is 0 Å². The molecule has 1 heterocycles. The van der Waals surface area contributed by atoms with Gasteiger partial charge in [0.2, 0.25) is 0 Å². The Morgan fingerprint density at radius 1 is 1.43 bits per heavy atom. The average molecular weight is 314 g/mol. The summed E-state index contributed by atoms with van der Waals surface area (Å²) in [5.74, 6) is 0.0474. The maximum absolute atomic E-state index is 8.90. The third-order valence-corrected chi connectivity index (χ3v) is 3.80. The topological polar surface area (TPSA) is 91.3 Å². The van der Waals surface area contributed by atoms with E-state index < -0.39 is 0 Å². The van der Waals surface area contributed by atoms with Crippen molar-refractivity contribution in [3.63, 3.8) is 0 Å². The van der Waals surface area contributed by atoms with Gasteiger partial charge in [0.15, 0.2) is 5.84 Å². The lowest BCUT2D eigenvalue weighted by atomic mass is 10.0. The maximum atomic E-state index is 8.90. The van der Waals surface area contributed by atoms with Crippen molar-refractivity contribution in [2.75, 3.05) is 31.2 Å².